The Hall–Kier alpha value is -2.10. The smallest absolute Gasteiger partial charge is 0.306 e. The zero-order valence-corrected chi connectivity index (χ0v) is 26.1. The third kappa shape index (κ3) is 30.4. The Morgan fingerprint density at radius 2 is 1.12 bits per heavy atom. The lowest BCUT2D eigenvalue weighted by molar-refractivity contribution is -0.147. The van der Waals surface area contributed by atoms with Crippen LogP contribution in [0.15, 0.2) is 48.6 Å². The number of unbranched alkanes of at least 4 members (excludes halogenated alkanes) is 15. The van der Waals surface area contributed by atoms with Gasteiger partial charge in [-0.15, -0.1) is 0 Å². The first-order valence-corrected chi connectivity index (χ1v) is 16.6. The molecule has 40 heavy (non-hydrogen) atoms. The average Bonchev–Trinajstić information content (AvgIpc) is 2.93. The fourth-order valence-electron chi connectivity index (χ4n) is 4.53. The molecule has 1 unspecified atom stereocenters. The number of carbonyl (C=O) groups is 2. The van der Waals surface area contributed by atoms with Crippen molar-refractivity contribution in [3.8, 4) is 0 Å². The van der Waals surface area contributed by atoms with Crippen LogP contribution < -0.4 is 0 Å². The number of ether oxygens (including phenoxy) is 1. The molecule has 0 spiro atoms. The van der Waals surface area contributed by atoms with Gasteiger partial charge in [0.25, 0.3) is 0 Å². The van der Waals surface area contributed by atoms with Crippen molar-refractivity contribution in [1.82, 2.24) is 0 Å². The monoisotopic (exact) mass is 558 g/mol. The molecule has 0 saturated heterocycles. The number of carboxylic acid groups (broad SMARTS) is 1. The molecule has 0 bridgehead atoms. The molecule has 0 aliphatic rings. The lowest BCUT2D eigenvalue weighted by Gasteiger charge is -2.14. The topological polar surface area (TPSA) is 63.6 Å². The van der Waals surface area contributed by atoms with Crippen LogP contribution in [-0.2, 0) is 14.3 Å². The quantitative estimate of drug-likeness (QED) is 0.0429. The van der Waals surface area contributed by atoms with Crippen LogP contribution in [-0.4, -0.2) is 23.1 Å². The molecular weight excluding hydrogens is 496 g/mol. The van der Waals surface area contributed by atoms with E-state index in [1.807, 2.05) is 12.2 Å². The minimum absolute atomic E-state index is 0.0892. The highest BCUT2D eigenvalue weighted by Crippen LogP contribution is 2.14. The van der Waals surface area contributed by atoms with Crippen molar-refractivity contribution in [3.63, 3.8) is 0 Å². The van der Waals surface area contributed by atoms with Crippen LogP contribution in [0.2, 0.25) is 0 Å². The first kappa shape index (κ1) is 37.9. The number of allylic oxidation sites excluding steroid dienone is 7. The SMILES string of the molecule is CCCCC/C=C\C=C\C(CCCCCCCC(=O)O)OC(=O)CCCCCCC/C=C\C/C=C\CCCCC. The number of hydrogen-bond acceptors (Lipinski definition) is 3. The predicted molar refractivity (Wildman–Crippen MR) is 172 cm³/mol. The summed E-state index contributed by atoms with van der Waals surface area (Å²) in [6.45, 7) is 4.45. The van der Waals surface area contributed by atoms with Gasteiger partial charge in [-0.05, 0) is 76.7 Å². The number of aliphatic carboxylic acids is 1. The minimum atomic E-state index is -0.719. The van der Waals surface area contributed by atoms with Crippen LogP contribution in [0.4, 0.5) is 0 Å². The van der Waals surface area contributed by atoms with E-state index in [4.69, 9.17) is 9.84 Å². The summed E-state index contributed by atoms with van der Waals surface area (Å²) in [6.07, 6.45) is 41.3. The highest BCUT2D eigenvalue weighted by Gasteiger charge is 2.11. The van der Waals surface area contributed by atoms with Gasteiger partial charge in [-0.25, -0.2) is 0 Å². The Balaban J connectivity index is 4.11. The van der Waals surface area contributed by atoms with Crippen LogP contribution >= 0.6 is 0 Å². The Bertz CT molecular complexity index is 689. The van der Waals surface area contributed by atoms with Crippen molar-refractivity contribution >= 4 is 11.9 Å². The fourth-order valence-corrected chi connectivity index (χ4v) is 4.53. The molecule has 0 heterocycles. The number of rotatable bonds is 29. The molecule has 0 radical (unpaired) electrons. The van der Waals surface area contributed by atoms with E-state index in [2.05, 4.69) is 50.3 Å². The third-order valence-corrected chi connectivity index (χ3v) is 7.04. The minimum Gasteiger partial charge on any atom is -0.481 e. The van der Waals surface area contributed by atoms with Crippen LogP contribution in [0, 0.1) is 0 Å². The van der Waals surface area contributed by atoms with E-state index < -0.39 is 5.97 Å². The largest absolute Gasteiger partial charge is 0.481 e. The Morgan fingerprint density at radius 1 is 0.600 bits per heavy atom. The summed E-state index contributed by atoms with van der Waals surface area (Å²) in [5, 5.41) is 8.75. The van der Waals surface area contributed by atoms with Crippen molar-refractivity contribution in [2.45, 2.75) is 168 Å². The summed E-state index contributed by atoms with van der Waals surface area (Å²) in [5.41, 5.74) is 0. The Kier molecular flexibility index (Phi) is 29.8. The second kappa shape index (κ2) is 31.4. The van der Waals surface area contributed by atoms with Gasteiger partial charge in [0.1, 0.15) is 6.10 Å². The van der Waals surface area contributed by atoms with E-state index in [1.54, 1.807) is 0 Å². The van der Waals surface area contributed by atoms with Gasteiger partial charge in [-0.3, -0.25) is 9.59 Å². The molecule has 4 nitrogen and oxygen atoms in total. The maximum absolute atomic E-state index is 12.5. The summed E-state index contributed by atoms with van der Waals surface area (Å²) >= 11 is 0. The molecule has 0 amide bonds. The number of esters is 1. The van der Waals surface area contributed by atoms with Crippen LogP contribution in [0.3, 0.4) is 0 Å². The fraction of sp³-hybridized carbons (Fsp3) is 0.722. The molecule has 0 fully saturated rings. The van der Waals surface area contributed by atoms with Crippen LogP contribution in [0.5, 0.6) is 0 Å². The molecule has 0 aromatic rings. The summed E-state index contributed by atoms with van der Waals surface area (Å²) in [7, 11) is 0. The molecule has 1 N–H and O–H groups in total. The summed E-state index contributed by atoms with van der Waals surface area (Å²) in [5.74, 6) is -0.808. The highest BCUT2D eigenvalue weighted by molar-refractivity contribution is 5.69. The number of carbonyl (C=O) groups excluding carboxylic acids is 1. The number of hydrogen-bond donors (Lipinski definition) is 1. The van der Waals surface area contributed by atoms with Crippen molar-refractivity contribution in [1.29, 1.82) is 0 Å². The van der Waals surface area contributed by atoms with Gasteiger partial charge < -0.3 is 9.84 Å². The molecule has 1 atom stereocenters. The van der Waals surface area contributed by atoms with Gasteiger partial charge in [-0.1, -0.05) is 121 Å². The molecule has 230 valence electrons. The van der Waals surface area contributed by atoms with Gasteiger partial charge in [0.2, 0.25) is 0 Å². The third-order valence-electron chi connectivity index (χ3n) is 7.04. The maximum Gasteiger partial charge on any atom is 0.306 e. The lowest BCUT2D eigenvalue weighted by Crippen LogP contribution is -2.16. The average molecular weight is 559 g/mol. The molecule has 4 heteroatoms. The first-order chi connectivity index (χ1) is 19.6. The van der Waals surface area contributed by atoms with Gasteiger partial charge in [-0.2, -0.15) is 0 Å². The number of carboxylic acids is 1. The predicted octanol–water partition coefficient (Wildman–Crippen LogP) is 11.2. The van der Waals surface area contributed by atoms with Gasteiger partial charge >= 0.3 is 11.9 Å². The van der Waals surface area contributed by atoms with Gasteiger partial charge in [0, 0.05) is 12.8 Å². The summed E-state index contributed by atoms with van der Waals surface area (Å²) in [4.78, 5) is 23.1. The first-order valence-electron chi connectivity index (χ1n) is 16.6. The van der Waals surface area contributed by atoms with E-state index in [1.165, 1.54) is 64.2 Å². The van der Waals surface area contributed by atoms with Crippen molar-refractivity contribution < 1.29 is 19.4 Å². The van der Waals surface area contributed by atoms with Crippen LogP contribution in [0.25, 0.3) is 0 Å². The highest BCUT2D eigenvalue weighted by atomic mass is 16.5. The van der Waals surface area contributed by atoms with Crippen LogP contribution in [0.1, 0.15) is 162 Å². The van der Waals surface area contributed by atoms with E-state index in [9.17, 15) is 9.59 Å². The Morgan fingerprint density at radius 3 is 1.75 bits per heavy atom. The van der Waals surface area contributed by atoms with E-state index in [0.29, 0.717) is 6.42 Å². The van der Waals surface area contributed by atoms with Crippen molar-refractivity contribution in [2.75, 3.05) is 0 Å². The van der Waals surface area contributed by atoms with Gasteiger partial charge in [0.15, 0.2) is 0 Å². The summed E-state index contributed by atoms with van der Waals surface area (Å²) in [6, 6.07) is 0. The van der Waals surface area contributed by atoms with Gasteiger partial charge in [0.05, 0.1) is 0 Å². The molecule has 0 aromatic carbocycles. The van der Waals surface area contributed by atoms with Crippen molar-refractivity contribution in [2.24, 2.45) is 0 Å². The molecule has 0 aliphatic heterocycles. The molecule has 0 aliphatic carbocycles. The maximum atomic E-state index is 12.5. The van der Waals surface area contributed by atoms with E-state index in [0.717, 1.165) is 70.6 Å². The second-order valence-electron chi connectivity index (χ2n) is 11.0. The lowest BCUT2D eigenvalue weighted by atomic mass is 10.1. The van der Waals surface area contributed by atoms with E-state index >= 15 is 0 Å². The Labute approximate surface area is 247 Å². The second-order valence-corrected chi connectivity index (χ2v) is 11.0. The van der Waals surface area contributed by atoms with Crippen molar-refractivity contribution in [3.05, 3.63) is 48.6 Å². The normalized spacial score (nSPS) is 12.8. The summed E-state index contributed by atoms with van der Waals surface area (Å²) < 4.78 is 5.82. The zero-order chi connectivity index (χ0) is 29.4. The molecule has 0 saturated carbocycles. The molecule has 0 rings (SSSR count). The zero-order valence-electron chi connectivity index (χ0n) is 26.1. The molecule has 0 aromatic heterocycles. The molecular formula is C36H62O4. The standard InChI is InChI=1S/C36H62O4/c1-3-5-7-9-11-12-13-14-15-16-17-18-20-25-29-33-36(39)40-34(30-26-22-19-10-8-6-4-2)31-27-23-21-24-28-32-35(37)38/h11-12,14-15,19,22,26,30,34H,3-10,13,16-18,20-21,23-25,27-29,31-33H2,1-2H3,(H,37,38)/b12-11-,15-14-,22-19-,30-26+. The van der Waals surface area contributed by atoms with E-state index in [-0.39, 0.29) is 18.5 Å².